The number of halogens is 3. The molecule has 0 aliphatic heterocycles. The average Bonchev–Trinajstić information content (AvgIpc) is 2.00. The largest absolute Gasteiger partial charge is 0.285 e. The Morgan fingerprint density at radius 3 is 2.67 bits per heavy atom. The highest BCUT2D eigenvalue weighted by atomic mass is 79.9. The van der Waals surface area contributed by atoms with Crippen LogP contribution >= 0.6 is 27.5 Å². The third-order valence-electron chi connectivity index (χ3n) is 1.21. The van der Waals surface area contributed by atoms with Crippen LogP contribution in [0.1, 0.15) is 0 Å². The molecule has 1 aromatic rings. The van der Waals surface area contributed by atoms with E-state index in [1.807, 2.05) is 0 Å². The first-order chi connectivity index (χ1) is 5.54. The van der Waals surface area contributed by atoms with Crippen molar-refractivity contribution < 1.29 is 9.31 Å². The lowest BCUT2D eigenvalue weighted by Crippen LogP contribution is -1.90. The van der Waals surface area contributed by atoms with Gasteiger partial charge in [-0.2, -0.15) is 0 Å². The Kier molecular flexibility index (Phi) is 2.64. The minimum Gasteiger partial charge on any atom is -0.258 e. The summed E-state index contributed by atoms with van der Waals surface area (Å²) in [5.74, 6) is -0.686. The van der Waals surface area contributed by atoms with Gasteiger partial charge in [0.1, 0.15) is 10.3 Å². The normalized spacial score (nSPS) is 9.92. The molecule has 1 aromatic carbocycles. The second kappa shape index (κ2) is 3.37. The zero-order valence-corrected chi connectivity index (χ0v) is 7.89. The van der Waals surface area contributed by atoms with Crippen LogP contribution < -0.4 is 0 Å². The molecular formula is C6H2BrClFNO2. The number of nitrogens with zero attached hydrogens (tertiary/aromatic N) is 1. The van der Waals surface area contributed by atoms with E-state index < -0.39 is 10.7 Å². The predicted octanol–water partition coefficient (Wildman–Crippen LogP) is 3.15. The molecule has 0 amide bonds. The van der Waals surface area contributed by atoms with Crippen molar-refractivity contribution in [3.8, 4) is 0 Å². The lowest BCUT2D eigenvalue weighted by atomic mass is 10.3. The van der Waals surface area contributed by atoms with E-state index >= 15 is 0 Å². The van der Waals surface area contributed by atoms with E-state index in [9.17, 15) is 14.5 Å². The smallest absolute Gasteiger partial charge is 0.258 e. The van der Waals surface area contributed by atoms with E-state index in [-0.39, 0.29) is 15.2 Å². The first-order valence-electron chi connectivity index (χ1n) is 2.82. The molecule has 0 unspecified atom stereocenters. The molecule has 3 nitrogen and oxygen atoms in total. The summed E-state index contributed by atoms with van der Waals surface area (Å²) in [6.45, 7) is 0. The van der Waals surface area contributed by atoms with Gasteiger partial charge in [-0.3, -0.25) is 10.1 Å². The van der Waals surface area contributed by atoms with Crippen molar-refractivity contribution in [1.82, 2.24) is 0 Å². The van der Waals surface area contributed by atoms with E-state index in [2.05, 4.69) is 15.9 Å². The maximum Gasteiger partial charge on any atom is 0.285 e. The van der Waals surface area contributed by atoms with Gasteiger partial charge in [0, 0.05) is 6.07 Å². The summed E-state index contributed by atoms with van der Waals surface area (Å²) in [6.07, 6.45) is 0. The molecule has 0 radical (unpaired) electrons. The highest BCUT2D eigenvalue weighted by Gasteiger charge is 2.17. The van der Waals surface area contributed by atoms with Crippen molar-refractivity contribution in [2.45, 2.75) is 0 Å². The molecule has 0 bridgehead atoms. The topological polar surface area (TPSA) is 43.1 Å². The zero-order valence-electron chi connectivity index (χ0n) is 5.55. The lowest BCUT2D eigenvalue weighted by molar-refractivity contribution is -0.385. The van der Waals surface area contributed by atoms with Gasteiger partial charge in [-0.15, -0.1) is 0 Å². The van der Waals surface area contributed by atoms with Crippen molar-refractivity contribution in [2.75, 3.05) is 0 Å². The SMILES string of the molecule is O=[N+]([O-])c1ccc(F)c(Cl)c1Br. The van der Waals surface area contributed by atoms with Crippen molar-refractivity contribution in [3.05, 3.63) is 37.6 Å². The number of nitro benzene ring substituents is 1. The van der Waals surface area contributed by atoms with Crippen LogP contribution in [0.2, 0.25) is 5.02 Å². The van der Waals surface area contributed by atoms with Gasteiger partial charge in [0.05, 0.1) is 9.95 Å². The Balaban J connectivity index is 3.36. The summed E-state index contributed by atoms with van der Waals surface area (Å²) in [6, 6.07) is 2.00. The molecule has 0 saturated carbocycles. The van der Waals surface area contributed by atoms with Crippen LogP contribution in [0.3, 0.4) is 0 Å². The summed E-state index contributed by atoms with van der Waals surface area (Å²) in [5.41, 5.74) is -0.249. The third-order valence-corrected chi connectivity index (χ3v) is 2.61. The van der Waals surface area contributed by atoms with Crippen LogP contribution in [-0.2, 0) is 0 Å². The van der Waals surface area contributed by atoms with Gasteiger partial charge in [0.15, 0.2) is 0 Å². The van der Waals surface area contributed by atoms with E-state index in [0.717, 1.165) is 12.1 Å². The third kappa shape index (κ3) is 1.56. The summed E-state index contributed by atoms with van der Waals surface area (Å²) < 4.78 is 12.6. The van der Waals surface area contributed by atoms with Gasteiger partial charge in [-0.25, -0.2) is 4.39 Å². The van der Waals surface area contributed by atoms with Crippen molar-refractivity contribution in [2.24, 2.45) is 0 Å². The fourth-order valence-electron chi connectivity index (χ4n) is 0.657. The molecule has 0 heterocycles. The Bertz CT molecular complexity index is 345. The van der Waals surface area contributed by atoms with Crippen LogP contribution in [0.5, 0.6) is 0 Å². The number of hydrogen-bond acceptors (Lipinski definition) is 2. The Morgan fingerprint density at radius 2 is 2.17 bits per heavy atom. The molecule has 0 fully saturated rings. The van der Waals surface area contributed by atoms with Crippen molar-refractivity contribution >= 4 is 33.2 Å². The van der Waals surface area contributed by atoms with Crippen LogP contribution in [0, 0.1) is 15.9 Å². The first kappa shape index (κ1) is 9.41. The van der Waals surface area contributed by atoms with Crippen molar-refractivity contribution in [3.63, 3.8) is 0 Å². The zero-order chi connectivity index (χ0) is 9.30. The number of benzene rings is 1. The van der Waals surface area contributed by atoms with Crippen LogP contribution in [0.15, 0.2) is 16.6 Å². The van der Waals surface area contributed by atoms with E-state index in [0.29, 0.717) is 0 Å². The summed E-state index contributed by atoms with van der Waals surface area (Å²) >= 11 is 8.22. The molecule has 0 N–H and O–H groups in total. The molecule has 0 aliphatic rings. The monoisotopic (exact) mass is 253 g/mol. The van der Waals surface area contributed by atoms with Gasteiger partial charge in [-0.05, 0) is 22.0 Å². The Hall–Kier alpha value is -0.680. The molecule has 0 aliphatic carbocycles. The highest BCUT2D eigenvalue weighted by molar-refractivity contribution is 9.10. The minimum atomic E-state index is -0.686. The van der Waals surface area contributed by atoms with Crippen molar-refractivity contribution in [1.29, 1.82) is 0 Å². The average molecular weight is 254 g/mol. The molecule has 0 saturated heterocycles. The second-order valence-electron chi connectivity index (χ2n) is 1.95. The minimum absolute atomic E-state index is 0.0332. The van der Waals surface area contributed by atoms with Gasteiger partial charge < -0.3 is 0 Å². The van der Waals surface area contributed by atoms with E-state index in [1.54, 1.807) is 0 Å². The van der Waals surface area contributed by atoms with E-state index in [1.165, 1.54) is 0 Å². The van der Waals surface area contributed by atoms with E-state index in [4.69, 9.17) is 11.6 Å². The molecule has 6 heteroatoms. The Labute approximate surface area is 80.4 Å². The fraction of sp³-hybridized carbons (Fsp3) is 0. The second-order valence-corrected chi connectivity index (χ2v) is 3.12. The number of nitro groups is 1. The van der Waals surface area contributed by atoms with Gasteiger partial charge in [0.2, 0.25) is 0 Å². The molecule has 64 valence electrons. The Morgan fingerprint density at radius 1 is 1.58 bits per heavy atom. The lowest BCUT2D eigenvalue weighted by Gasteiger charge is -1.97. The van der Waals surface area contributed by atoms with Crippen LogP contribution in [0.4, 0.5) is 10.1 Å². The summed E-state index contributed by atoms with van der Waals surface area (Å²) in [5, 5.41) is 10.0. The van der Waals surface area contributed by atoms with Gasteiger partial charge in [-0.1, -0.05) is 11.6 Å². The molecule has 1 rings (SSSR count). The van der Waals surface area contributed by atoms with Gasteiger partial charge >= 0.3 is 0 Å². The predicted molar refractivity (Wildman–Crippen MR) is 45.8 cm³/mol. The molecule has 0 atom stereocenters. The van der Waals surface area contributed by atoms with Gasteiger partial charge in [0.25, 0.3) is 5.69 Å². The highest BCUT2D eigenvalue weighted by Crippen LogP contribution is 2.33. The first-order valence-corrected chi connectivity index (χ1v) is 3.99. The quantitative estimate of drug-likeness (QED) is 0.439. The summed E-state index contributed by atoms with van der Waals surface area (Å²) in [4.78, 5) is 9.64. The molecule has 0 aromatic heterocycles. The molecule has 12 heavy (non-hydrogen) atoms. The summed E-state index contributed by atoms with van der Waals surface area (Å²) in [7, 11) is 0. The standard InChI is InChI=1S/C6H2BrClFNO2/c7-5-4(10(11)12)2-1-3(9)6(5)8/h1-2H. The molecule has 0 spiro atoms. The van der Waals surface area contributed by atoms with Crippen LogP contribution in [0.25, 0.3) is 0 Å². The molecular weight excluding hydrogens is 252 g/mol. The van der Waals surface area contributed by atoms with Crippen LogP contribution in [-0.4, -0.2) is 4.92 Å². The number of rotatable bonds is 1. The number of hydrogen-bond donors (Lipinski definition) is 0. The maximum absolute atomic E-state index is 12.6. The fourth-order valence-corrected chi connectivity index (χ4v) is 1.28. The maximum atomic E-state index is 12.6.